The van der Waals surface area contributed by atoms with E-state index in [2.05, 4.69) is 15.0 Å². The first-order chi connectivity index (χ1) is 9.10. The maximum Gasteiger partial charge on any atom is 0.329 e. The first-order valence-corrected chi connectivity index (χ1v) is 5.77. The molecule has 0 spiro atoms. The zero-order valence-corrected chi connectivity index (χ0v) is 9.85. The number of aromatic amines is 1. The Bertz CT molecular complexity index is 665. The fourth-order valence-electron chi connectivity index (χ4n) is 2.23. The number of nitrogens with two attached hydrogens (primary N) is 1. The molecule has 0 unspecified atom stereocenters. The molecule has 3 heterocycles. The third-order valence-corrected chi connectivity index (χ3v) is 3.15. The fraction of sp³-hybridized carbons (Fsp3) is 0.500. The number of aliphatic hydroxyl groups is 2. The molecule has 0 amide bonds. The zero-order chi connectivity index (χ0) is 13.6. The molecule has 2 aromatic heterocycles. The summed E-state index contributed by atoms with van der Waals surface area (Å²) in [6.07, 6.45) is -0.623. The van der Waals surface area contributed by atoms with Gasteiger partial charge in [0, 0.05) is 6.42 Å². The number of nitrogens with zero attached hydrogens (tertiary/aromatic N) is 3. The van der Waals surface area contributed by atoms with Crippen LogP contribution in [0.3, 0.4) is 0 Å². The van der Waals surface area contributed by atoms with Crippen molar-refractivity contribution in [2.75, 3.05) is 12.3 Å². The smallest absolute Gasteiger partial charge is 0.329 e. The van der Waals surface area contributed by atoms with Gasteiger partial charge in [-0.1, -0.05) is 0 Å². The van der Waals surface area contributed by atoms with Gasteiger partial charge in [-0.05, 0) is 0 Å². The Kier molecular flexibility index (Phi) is 2.73. The molecule has 102 valence electrons. The van der Waals surface area contributed by atoms with E-state index in [0.717, 1.165) is 0 Å². The Morgan fingerprint density at radius 3 is 3.11 bits per heavy atom. The molecule has 3 rings (SSSR count). The van der Waals surface area contributed by atoms with Crippen molar-refractivity contribution < 1.29 is 14.9 Å². The number of fused-ring (bicyclic) bond motifs is 1. The van der Waals surface area contributed by atoms with E-state index in [1.54, 1.807) is 0 Å². The van der Waals surface area contributed by atoms with Gasteiger partial charge >= 0.3 is 5.69 Å². The number of ether oxygens (including phenoxy) is 1. The van der Waals surface area contributed by atoms with Crippen molar-refractivity contribution in [1.29, 1.82) is 0 Å². The maximum absolute atomic E-state index is 11.9. The van der Waals surface area contributed by atoms with Gasteiger partial charge in [-0.2, -0.15) is 4.98 Å². The van der Waals surface area contributed by atoms with E-state index in [1.165, 1.54) is 10.8 Å². The minimum atomic E-state index is -0.828. The molecule has 3 atom stereocenters. The number of anilines is 1. The first-order valence-electron chi connectivity index (χ1n) is 5.77. The second-order valence-electron chi connectivity index (χ2n) is 4.38. The SMILES string of the molecule is Nc1ncc2[nH]c(=O)n([C@H]3C[C@H](O)[C@@H](CO)O3)c2n1. The number of aromatic nitrogens is 4. The molecule has 1 fully saturated rings. The van der Waals surface area contributed by atoms with Crippen LogP contribution in [0.15, 0.2) is 11.0 Å². The number of aliphatic hydroxyl groups excluding tert-OH is 2. The molecular formula is C10H13N5O4. The highest BCUT2D eigenvalue weighted by molar-refractivity contribution is 5.70. The lowest BCUT2D eigenvalue weighted by Crippen LogP contribution is -2.25. The topological polar surface area (TPSA) is 139 Å². The number of hydrogen-bond donors (Lipinski definition) is 4. The summed E-state index contributed by atoms with van der Waals surface area (Å²) in [6.45, 7) is -0.314. The van der Waals surface area contributed by atoms with Crippen molar-refractivity contribution in [3.63, 3.8) is 0 Å². The minimum Gasteiger partial charge on any atom is -0.394 e. The average Bonchev–Trinajstić information content (AvgIpc) is 2.88. The summed E-state index contributed by atoms with van der Waals surface area (Å²) in [4.78, 5) is 22.3. The molecule has 2 aromatic rings. The quantitative estimate of drug-likeness (QED) is 0.510. The van der Waals surface area contributed by atoms with Crippen molar-refractivity contribution >= 4 is 17.1 Å². The van der Waals surface area contributed by atoms with Gasteiger partial charge < -0.3 is 25.7 Å². The van der Waals surface area contributed by atoms with Gasteiger partial charge in [-0.3, -0.25) is 0 Å². The van der Waals surface area contributed by atoms with Crippen LogP contribution in [0.25, 0.3) is 11.2 Å². The number of rotatable bonds is 2. The van der Waals surface area contributed by atoms with Gasteiger partial charge in [0.05, 0.1) is 18.9 Å². The summed E-state index contributed by atoms with van der Waals surface area (Å²) >= 11 is 0. The van der Waals surface area contributed by atoms with Crippen LogP contribution in [-0.2, 0) is 4.74 Å². The molecule has 0 aliphatic carbocycles. The number of imidazole rings is 1. The van der Waals surface area contributed by atoms with Crippen LogP contribution >= 0.6 is 0 Å². The van der Waals surface area contributed by atoms with E-state index in [0.29, 0.717) is 11.2 Å². The number of nitrogens with one attached hydrogen (secondary N) is 1. The molecule has 9 nitrogen and oxygen atoms in total. The molecule has 1 aliphatic heterocycles. The highest BCUT2D eigenvalue weighted by Gasteiger charge is 2.36. The van der Waals surface area contributed by atoms with Crippen molar-refractivity contribution in [1.82, 2.24) is 19.5 Å². The molecule has 5 N–H and O–H groups in total. The fourth-order valence-corrected chi connectivity index (χ4v) is 2.23. The van der Waals surface area contributed by atoms with E-state index < -0.39 is 24.1 Å². The lowest BCUT2D eigenvalue weighted by Gasteiger charge is -2.12. The number of hydrogen-bond acceptors (Lipinski definition) is 7. The third kappa shape index (κ3) is 1.87. The summed E-state index contributed by atoms with van der Waals surface area (Å²) in [5.41, 5.74) is 5.82. The summed E-state index contributed by atoms with van der Waals surface area (Å²) in [6, 6.07) is 0. The molecule has 1 saturated heterocycles. The Labute approximate surface area is 106 Å². The molecule has 0 saturated carbocycles. The Balaban J connectivity index is 2.08. The van der Waals surface area contributed by atoms with Gasteiger partial charge in [0.1, 0.15) is 17.8 Å². The van der Waals surface area contributed by atoms with E-state index in [1.807, 2.05) is 0 Å². The Morgan fingerprint density at radius 2 is 2.42 bits per heavy atom. The van der Waals surface area contributed by atoms with Gasteiger partial charge in [0.25, 0.3) is 0 Å². The van der Waals surface area contributed by atoms with E-state index in [4.69, 9.17) is 15.6 Å². The number of H-pyrrole nitrogens is 1. The monoisotopic (exact) mass is 267 g/mol. The van der Waals surface area contributed by atoms with Crippen LogP contribution in [0, 0.1) is 0 Å². The molecule has 0 aromatic carbocycles. The summed E-state index contributed by atoms with van der Waals surface area (Å²) in [5.74, 6) is 0.0394. The predicted molar refractivity (Wildman–Crippen MR) is 64.2 cm³/mol. The molecule has 19 heavy (non-hydrogen) atoms. The Hall–Kier alpha value is -1.97. The van der Waals surface area contributed by atoms with E-state index in [-0.39, 0.29) is 19.0 Å². The normalized spacial score (nSPS) is 27.2. The van der Waals surface area contributed by atoms with Gasteiger partial charge in [-0.25, -0.2) is 14.3 Å². The summed E-state index contributed by atoms with van der Waals surface area (Å²) in [5, 5.41) is 18.8. The number of nitrogen functional groups attached to an aromatic ring is 1. The molecular weight excluding hydrogens is 254 g/mol. The van der Waals surface area contributed by atoms with Gasteiger partial charge in [-0.15, -0.1) is 0 Å². The summed E-state index contributed by atoms with van der Waals surface area (Å²) < 4.78 is 6.71. The van der Waals surface area contributed by atoms with Crippen molar-refractivity contribution in [2.24, 2.45) is 0 Å². The maximum atomic E-state index is 11.9. The lowest BCUT2D eigenvalue weighted by atomic mass is 10.2. The minimum absolute atomic E-state index is 0.0394. The van der Waals surface area contributed by atoms with Crippen LogP contribution < -0.4 is 11.4 Å². The molecule has 0 bridgehead atoms. The van der Waals surface area contributed by atoms with Gasteiger partial charge in [0.15, 0.2) is 5.65 Å². The lowest BCUT2D eigenvalue weighted by molar-refractivity contribution is -0.0441. The first kappa shape index (κ1) is 12.1. The van der Waals surface area contributed by atoms with E-state index >= 15 is 0 Å². The van der Waals surface area contributed by atoms with Crippen LogP contribution in [0.1, 0.15) is 12.6 Å². The highest BCUT2D eigenvalue weighted by Crippen LogP contribution is 2.29. The Morgan fingerprint density at radius 1 is 1.63 bits per heavy atom. The molecule has 9 heteroatoms. The second kappa shape index (κ2) is 4.30. The third-order valence-electron chi connectivity index (χ3n) is 3.15. The standard InChI is InChI=1S/C10H13N5O4/c11-9-12-2-4-8(14-9)15(10(18)13-4)7-1-5(17)6(3-16)19-7/h2,5-7,16-17H,1,3H2,(H,13,18)(H2,11,12,14)/t5-,6+,7+/m0/s1. The summed E-state index contributed by atoms with van der Waals surface area (Å²) in [7, 11) is 0. The average molecular weight is 267 g/mol. The highest BCUT2D eigenvalue weighted by atomic mass is 16.5. The van der Waals surface area contributed by atoms with Gasteiger partial charge in [0.2, 0.25) is 5.95 Å². The van der Waals surface area contributed by atoms with Crippen molar-refractivity contribution in [2.45, 2.75) is 24.9 Å². The van der Waals surface area contributed by atoms with Crippen molar-refractivity contribution in [3.8, 4) is 0 Å². The zero-order valence-electron chi connectivity index (χ0n) is 9.85. The second-order valence-corrected chi connectivity index (χ2v) is 4.38. The van der Waals surface area contributed by atoms with Crippen LogP contribution in [0.5, 0.6) is 0 Å². The molecule has 1 aliphatic rings. The predicted octanol–water partition coefficient (Wildman–Crippen LogP) is -1.66. The molecule has 0 radical (unpaired) electrons. The largest absolute Gasteiger partial charge is 0.394 e. The van der Waals surface area contributed by atoms with Crippen LogP contribution in [0.2, 0.25) is 0 Å². The van der Waals surface area contributed by atoms with Crippen molar-refractivity contribution in [3.05, 3.63) is 16.7 Å². The van der Waals surface area contributed by atoms with E-state index in [9.17, 15) is 9.90 Å². The van der Waals surface area contributed by atoms with Crippen LogP contribution in [0.4, 0.5) is 5.95 Å². The van der Waals surface area contributed by atoms with Crippen LogP contribution in [-0.4, -0.2) is 48.5 Å².